The van der Waals surface area contributed by atoms with Crippen LogP contribution in [-0.2, 0) is 0 Å². The van der Waals surface area contributed by atoms with Crippen molar-refractivity contribution in [1.82, 2.24) is 10.3 Å². The van der Waals surface area contributed by atoms with Crippen LogP contribution in [0.5, 0.6) is 0 Å². The largest absolute Gasteiger partial charge is 0.375 e. The minimum absolute atomic E-state index is 0.188. The minimum Gasteiger partial charge on any atom is -0.375 e. The molecule has 4 nitrogen and oxygen atoms in total. The van der Waals surface area contributed by atoms with E-state index in [0.29, 0.717) is 10.7 Å². The van der Waals surface area contributed by atoms with Gasteiger partial charge in [-0.3, -0.25) is 4.79 Å². The van der Waals surface area contributed by atoms with Crippen LogP contribution < -0.4 is 11.1 Å². The first-order valence-electron chi connectivity index (χ1n) is 4.58. The fourth-order valence-electron chi connectivity index (χ4n) is 1.32. The van der Waals surface area contributed by atoms with Crippen LogP contribution in [0.15, 0.2) is 18.2 Å². The first kappa shape index (κ1) is 10.5. The molecule has 0 bridgehead atoms. The number of nitrogens with zero attached hydrogens (tertiary/aromatic N) is 1. The van der Waals surface area contributed by atoms with Gasteiger partial charge in [-0.2, -0.15) is 0 Å². The second kappa shape index (κ2) is 4.21. The number of nitrogens with one attached hydrogen (secondary N) is 1. The fraction of sp³-hybridized carbons (Fsp3) is 0.0909. The number of terminal acetylenes is 1. The Bertz CT molecular complexity index is 582. The number of anilines is 1. The molecular formula is C11H9N3OS. The molecule has 0 atom stereocenters. The van der Waals surface area contributed by atoms with E-state index in [4.69, 9.17) is 12.2 Å². The Balaban J connectivity index is 2.32. The zero-order chi connectivity index (χ0) is 11.5. The molecule has 0 radical (unpaired) electrons. The van der Waals surface area contributed by atoms with E-state index in [2.05, 4.69) is 16.2 Å². The predicted octanol–water partition coefficient (Wildman–Crippen LogP) is 1.24. The Labute approximate surface area is 96.5 Å². The smallest absolute Gasteiger partial charge is 0.252 e. The number of thiazole rings is 1. The number of carbonyl (C=O) groups excluding carboxylic acids is 1. The first-order chi connectivity index (χ1) is 7.70. The third-order valence-electron chi connectivity index (χ3n) is 2.02. The van der Waals surface area contributed by atoms with Gasteiger partial charge in [-0.15, -0.1) is 6.42 Å². The lowest BCUT2D eigenvalue weighted by Crippen LogP contribution is -2.23. The standard InChI is InChI=1S/C11H9N3OS/c1-2-5-13-10(15)7-3-4-8-9(6-7)16-11(12)14-8/h1,3-4,6H,5H2,(H2,12,14)(H,13,15). The predicted molar refractivity (Wildman–Crippen MR) is 65.2 cm³/mol. The number of fused-ring (bicyclic) bond motifs is 1. The van der Waals surface area contributed by atoms with Crippen LogP contribution in [0.2, 0.25) is 0 Å². The number of aromatic nitrogens is 1. The van der Waals surface area contributed by atoms with E-state index >= 15 is 0 Å². The summed E-state index contributed by atoms with van der Waals surface area (Å²) in [5.41, 5.74) is 6.94. The molecule has 0 saturated carbocycles. The highest BCUT2D eigenvalue weighted by Gasteiger charge is 2.07. The van der Waals surface area contributed by atoms with Gasteiger partial charge in [0.1, 0.15) is 0 Å². The molecule has 1 heterocycles. The molecular weight excluding hydrogens is 222 g/mol. The summed E-state index contributed by atoms with van der Waals surface area (Å²) in [5, 5.41) is 3.09. The second-order valence-electron chi connectivity index (χ2n) is 3.12. The number of rotatable bonds is 2. The SMILES string of the molecule is C#CCNC(=O)c1ccc2nc(N)sc2c1. The van der Waals surface area contributed by atoms with Crippen molar-refractivity contribution in [1.29, 1.82) is 0 Å². The number of hydrogen-bond donors (Lipinski definition) is 2. The Hall–Kier alpha value is -2.06. The summed E-state index contributed by atoms with van der Waals surface area (Å²) < 4.78 is 0.894. The lowest BCUT2D eigenvalue weighted by atomic mass is 10.2. The zero-order valence-corrected chi connectivity index (χ0v) is 9.17. The maximum absolute atomic E-state index is 11.6. The summed E-state index contributed by atoms with van der Waals surface area (Å²) in [5.74, 6) is 2.16. The molecule has 0 saturated heterocycles. The lowest BCUT2D eigenvalue weighted by molar-refractivity contribution is 0.0959. The normalized spacial score (nSPS) is 9.94. The molecule has 3 N–H and O–H groups in total. The fourth-order valence-corrected chi connectivity index (χ4v) is 2.09. The third kappa shape index (κ3) is 1.97. The van der Waals surface area contributed by atoms with E-state index in [1.54, 1.807) is 18.2 Å². The topological polar surface area (TPSA) is 68.0 Å². The highest BCUT2D eigenvalue weighted by Crippen LogP contribution is 2.24. The average Bonchev–Trinajstić information content (AvgIpc) is 2.64. The number of nitrogens with two attached hydrogens (primary N) is 1. The molecule has 1 aromatic heterocycles. The average molecular weight is 231 g/mol. The molecule has 1 aromatic carbocycles. The quantitative estimate of drug-likeness (QED) is 0.764. The van der Waals surface area contributed by atoms with Gasteiger partial charge in [0, 0.05) is 5.56 Å². The monoisotopic (exact) mass is 231 g/mol. The number of hydrogen-bond acceptors (Lipinski definition) is 4. The molecule has 0 aliphatic rings. The van der Waals surface area contributed by atoms with Gasteiger partial charge in [-0.1, -0.05) is 17.3 Å². The van der Waals surface area contributed by atoms with Crippen molar-refractivity contribution in [3.05, 3.63) is 23.8 Å². The van der Waals surface area contributed by atoms with E-state index in [1.165, 1.54) is 11.3 Å². The van der Waals surface area contributed by atoms with Gasteiger partial charge >= 0.3 is 0 Å². The Kier molecular flexibility index (Phi) is 2.75. The number of amides is 1. The van der Waals surface area contributed by atoms with E-state index in [1.807, 2.05) is 0 Å². The number of nitrogen functional groups attached to an aromatic ring is 1. The van der Waals surface area contributed by atoms with Gasteiger partial charge in [0.25, 0.3) is 5.91 Å². The molecule has 1 amide bonds. The van der Waals surface area contributed by atoms with Crippen molar-refractivity contribution in [3.8, 4) is 12.3 Å². The van der Waals surface area contributed by atoms with Gasteiger partial charge in [0.2, 0.25) is 0 Å². The van der Waals surface area contributed by atoms with Crippen molar-refractivity contribution in [3.63, 3.8) is 0 Å². The molecule has 2 rings (SSSR count). The van der Waals surface area contributed by atoms with Gasteiger partial charge in [0.05, 0.1) is 16.8 Å². The van der Waals surface area contributed by atoms with Crippen LogP contribution in [0.1, 0.15) is 10.4 Å². The van der Waals surface area contributed by atoms with Gasteiger partial charge < -0.3 is 11.1 Å². The Morgan fingerprint density at radius 2 is 2.44 bits per heavy atom. The molecule has 0 aliphatic heterocycles. The first-order valence-corrected chi connectivity index (χ1v) is 5.40. The highest BCUT2D eigenvalue weighted by atomic mass is 32.1. The summed E-state index contributed by atoms with van der Waals surface area (Å²) >= 11 is 1.35. The van der Waals surface area contributed by atoms with E-state index in [-0.39, 0.29) is 12.5 Å². The minimum atomic E-state index is -0.188. The highest BCUT2D eigenvalue weighted by molar-refractivity contribution is 7.22. The molecule has 16 heavy (non-hydrogen) atoms. The molecule has 0 spiro atoms. The van der Waals surface area contributed by atoms with Crippen LogP contribution in [0.4, 0.5) is 5.13 Å². The van der Waals surface area contributed by atoms with Crippen LogP contribution in [0.3, 0.4) is 0 Å². The molecule has 80 valence electrons. The van der Waals surface area contributed by atoms with Gasteiger partial charge in [-0.25, -0.2) is 4.98 Å². The summed E-state index contributed by atoms with van der Waals surface area (Å²) in [6, 6.07) is 5.23. The van der Waals surface area contributed by atoms with E-state index < -0.39 is 0 Å². The van der Waals surface area contributed by atoms with Crippen molar-refractivity contribution in [2.24, 2.45) is 0 Å². The lowest BCUT2D eigenvalue weighted by Gasteiger charge is -2.00. The van der Waals surface area contributed by atoms with E-state index in [0.717, 1.165) is 10.2 Å². The third-order valence-corrected chi connectivity index (χ3v) is 2.87. The zero-order valence-electron chi connectivity index (χ0n) is 8.36. The van der Waals surface area contributed by atoms with Crippen LogP contribution in [0.25, 0.3) is 10.2 Å². The Morgan fingerprint density at radius 3 is 3.19 bits per heavy atom. The number of carbonyl (C=O) groups is 1. The Morgan fingerprint density at radius 1 is 1.62 bits per heavy atom. The van der Waals surface area contributed by atoms with Gasteiger partial charge in [-0.05, 0) is 18.2 Å². The summed E-state index contributed by atoms with van der Waals surface area (Å²) in [4.78, 5) is 15.7. The summed E-state index contributed by atoms with van der Waals surface area (Å²) in [7, 11) is 0. The second-order valence-corrected chi connectivity index (χ2v) is 4.18. The molecule has 5 heteroatoms. The molecule has 0 aliphatic carbocycles. The van der Waals surface area contributed by atoms with Crippen molar-refractivity contribution < 1.29 is 4.79 Å². The van der Waals surface area contributed by atoms with Crippen molar-refractivity contribution in [2.45, 2.75) is 0 Å². The van der Waals surface area contributed by atoms with Gasteiger partial charge in [0.15, 0.2) is 5.13 Å². The molecule has 2 aromatic rings. The molecule has 0 fully saturated rings. The summed E-state index contributed by atoms with van der Waals surface area (Å²) in [6.45, 7) is 0.224. The van der Waals surface area contributed by atoms with Crippen LogP contribution >= 0.6 is 11.3 Å². The number of benzene rings is 1. The van der Waals surface area contributed by atoms with Crippen LogP contribution in [0, 0.1) is 12.3 Å². The maximum atomic E-state index is 11.6. The van der Waals surface area contributed by atoms with Crippen molar-refractivity contribution in [2.75, 3.05) is 12.3 Å². The van der Waals surface area contributed by atoms with Crippen LogP contribution in [-0.4, -0.2) is 17.4 Å². The summed E-state index contributed by atoms with van der Waals surface area (Å²) in [6.07, 6.45) is 5.06. The van der Waals surface area contributed by atoms with Crippen molar-refractivity contribution >= 4 is 32.6 Å². The van der Waals surface area contributed by atoms with E-state index in [9.17, 15) is 4.79 Å². The molecule has 0 unspecified atom stereocenters. The maximum Gasteiger partial charge on any atom is 0.252 e.